The van der Waals surface area contributed by atoms with Gasteiger partial charge in [-0.1, -0.05) is 0 Å². The van der Waals surface area contributed by atoms with Crippen LogP contribution in [-0.4, -0.2) is 57.1 Å². The maximum atomic E-state index is 13.8. The summed E-state index contributed by atoms with van der Waals surface area (Å²) in [6, 6.07) is 5.21. The monoisotopic (exact) mass is 478 g/mol. The van der Waals surface area contributed by atoms with Crippen LogP contribution < -0.4 is 14.4 Å². The zero-order chi connectivity index (χ0) is 23.8. The van der Waals surface area contributed by atoms with Crippen LogP contribution in [0.1, 0.15) is 15.9 Å². The lowest BCUT2D eigenvalue weighted by Crippen LogP contribution is -2.24. The molecular formula is C19H18F4N2O6S. The Labute approximate surface area is 180 Å². The Balaban J connectivity index is 2.10. The van der Waals surface area contributed by atoms with Gasteiger partial charge >= 0.3 is 12.1 Å². The van der Waals surface area contributed by atoms with Crippen LogP contribution in [0.25, 0.3) is 0 Å². The van der Waals surface area contributed by atoms with Gasteiger partial charge in [-0.25, -0.2) is 17.6 Å². The first kappa shape index (κ1) is 23.6. The second-order valence-electron chi connectivity index (χ2n) is 6.99. The summed E-state index contributed by atoms with van der Waals surface area (Å²) in [7, 11) is -3.51. The van der Waals surface area contributed by atoms with E-state index in [1.165, 1.54) is 4.90 Å². The van der Waals surface area contributed by atoms with Crippen molar-refractivity contribution in [1.82, 2.24) is 0 Å². The molecule has 0 aromatic heterocycles. The van der Waals surface area contributed by atoms with Crippen LogP contribution in [0.2, 0.25) is 0 Å². The molecule has 13 heteroatoms. The number of alkyl halides is 4. The number of carboxylic acids is 1. The standard InChI is InChI=1S/C19H18F4N2O6S/c1-31-16-5-2-10(18(27)28)6-17(16)32(29,30)24-13-7-11(19(21,22)23)3-4-14(13)25-8-12(20)15(26)9-25/h2-7,12,15,24,26H,8-9H2,1H3,(H,27,28)/t12-,15-/m1/s1. The van der Waals surface area contributed by atoms with Crippen molar-refractivity contribution in [2.75, 3.05) is 29.8 Å². The number of nitrogens with zero attached hydrogens (tertiary/aromatic N) is 1. The van der Waals surface area contributed by atoms with E-state index < -0.39 is 56.2 Å². The van der Waals surface area contributed by atoms with E-state index in [-0.39, 0.29) is 24.5 Å². The highest BCUT2D eigenvalue weighted by Crippen LogP contribution is 2.38. The number of halogens is 4. The summed E-state index contributed by atoms with van der Waals surface area (Å²) in [6.07, 6.45) is -7.87. The zero-order valence-electron chi connectivity index (χ0n) is 16.4. The number of anilines is 2. The molecule has 0 aliphatic carbocycles. The van der Waals surface area contributed by atoms with Gasteiger partial charge in [0.2, 0.25) is 0 Å². The molecule has 3 rings (SSSR count). The molecule has 1 fully saturated rings. The summed E-state index contributed by atoms with van der Waals surface area (Å²) in [5.41, 5.74) is -2.17. The maximum Gasteiger partial charge on any atom is 0.416 e. The number of benzene rings is 2. The normalized spacial score (nSPS) is 19.1. The Hall–Kier alpha value is -3.06. The minimum atomic E-state index is -4.80. The van der Waals surface area contributed by atoms with E-state index >= 15 is 0 Å². The van der Waals surface area contributed by atoms with E-state index in [0.717, 1.165) is 31.4 Å². The van der Waals surface area contributed by atoms with Crippen molar-refractivity contribution >= 4 is 27.4 Å². The van der Waals surface area contributed by atoms with Crippen LogP contribution in [-0.2, 0) is 16.2 Å². The zero-order valence-corrected chi connectivity index (χ0v) is 17.2. The van der Waals surface area contributed by atoms with Crippen LogP contribution in [0, 0.1) is 0 Å². The predicted molar refractivity (Wildman–Crippen MR) is 105 cm³/mol. The molecule has 1 aliphatic rings. The largest absolute Gasteiger partial charge is 0.495 e. The van der Waals surface area contributed by atoms with Crippen LogP contribution in [0.4, 0.5) is 28.9 Å². The first-order chi connectivity index (χ1) is 14.8. The van der Waals surface area contributed by atoms with Gasteiger partial charge in [0.05, 0.1) is 36.2 Å². The highest BCUT2D eigenvalue weighted by molar-refractivity contribution is 7.92. The van der Waals surface area contributed by atoms with Crippen molar-refractivity contribution in [3.8, 4) is 5.75 Å². The Morgan fingerprint density at radius 1 is 1.19 bits per heavy atom. The van der Waals surface area contributed by atoms with E-state index in [1.54, 1.807) is 0 Å². The molecule has 32 heavy (non-hydrogen) atoms. The molecule has 0 amide bonds. The molecule has 2 aromatic carbocycles. The molecule has 2 aromatic rings. The number of β-amino-alcohol motifs (C(OH)–C–C–N with tert-alkyl or cyclic N) is 1. The van der Waals surface area contributed by atoms with Gasteiger partial charge in [-0.3, -0.25) is 4.72 Å². The van der Waals surface area contributed by atoms with E-state index in [2.05, 4.69) is 0 Å². The lowest BCUT2D eigenvalue weighted by atomic mass is 10.1. The summed E-state index contributed by atoms with van der Waals surface area (Å²) in [4.78, 5) is 11.8. The second kappa shape index (κ2) is 8.47. The van der Waals surface area contributed by atoms with Gasteiger partial charge in [0.1, 0.15) is 22.9 Å². The number of hydrogen-bond donors (Lipinski definition) is 3. The number of carboxylic acid groups (broad SMARTS) is 1. The minimum absolute atomic E-state index is 0.0888. The first-order valence-electron chi connectivity index (χ1n) is 9.06. The van der Waals surface area contributed by atoms with Crippen molar-refractivity contribution in [3.63, 3.8) is 0 Å². The van der Waals surface area contributed by atoms with Gasteiger partial charge < -0.3 is 19.8 Å². The summed E-state index contributed by atoms with van der Waals surface area (Å²) in [5, 5.41) is 18.8. The Morgan fingerprint density at radius 2 is 1.88 bits per heavy atom. The molecule has 0 spiro atoms. The smallest absolute Gasteiger partial charge is 0.416 e. The summed E-state index contributed by atoms with van der Waals surface area (Å²) < 4.78 is 86.5. The molecule has 1 saturated heterocycles. The van der Waals surface area contributed by atoms with Gasteiger partial charge in [0.25, 0.3) is 10.0 Å². The molecule has 0 saturated carbocycles. The number of methoxy groups -OCH3 is 1. The number of aromatic carboxylic acids is 1. The maximum absolute atomic E-state index is 13.8. The fraction of sp³-hybridized carbons (Fsp3) is 0.316. The molecule has 0 radical (unpaired) electrons. The lowest BCUT2D eigenvalue weighted by molar-refractivity contribution is -0.137. The summed E-state index contributed by atoms with van der Waals surface area (Å²) >= 11 is 0. The number of aliphatic hydroxyl groups excluding tert-OH is 1. The molecule has 2 atom stereocenters. The predicted octanol–water partition coefficient (Wildman–Crippen LogP) is 2.73. The Bertz CT molecular complexity index is 1130. The second-order valence-corrected chi connectivity index (χ2v) is 8.65. The van der Waals surface area contributed by atoms with Crippen LogP contribution >= 0.6 is 0 Å². The summed E-state index contributed by atoms with van der Waals surface area (Å²) in [6.45, 7) is -0.627. The Kier molecular flexibility index (Phi) is 6.24. The molecule has 0 bridgehead atoms. The Morgan fingerprint density at radius 3 is 2.41 bits per heavy atom. The van der Waals surface area contributed by atoms with Crippen molar-refractivity contribution in [1.29, 1.82) is 0 Å². The van der Waals surface area contributed by atoms with Crippen LogP contribution in [0.5, 0.6) is 5.75 Å². The van der Waals surface area contributed by atoms with Gasteiger partial charge in [-0.05, 0) is 36.4 Å². The molecule has 1 aliphatic heterocycles. The number of rotatable bonds is 6. The number of hydrogen-bond acceptors (Lipinski definition) is 6. The molecule has 1 heterocycles. The van der Waals surface area contributed by atoms with E-state index in [4.69, 9.17) is 9.84 Å². The van der Waals surface area contributed by atoms with Gasteiger partial charge in [0.15, 0.2) is 0 Å². The van der Waals surface area contributed by atoms with Crippen molar-refractivity contribution in [2.24, 2.45) is 0 Å². The SMILES string of the molecule is COc1ccc(C(=O)O)cc1S(=O)(=O)Nc1cc(C(F)(F)F)ccc1N1C[C@@H](O)[C@H](F)C1. The third kappa shape index (κ3) is 4.72. The van der Waals surface area contributed by atoms with E-state index in [9.17, 15) is 35.9 Å². The quantitative estimate of drug-likeness (QED) is 0.547. The molecule has 0 unspecified atom stereocenters. The molecule has 3 N–H and O–H groups in total. The molecule has 8 nitrogen and oxygen atoms in total. The molecular weight excluding hydrogens is 460 g/mol. The molecule has 174 valence electrons. The highest BCUT2D eigenvalue weighted by atomic mass is 32.2. The van der Waals surface area contributed by atoms with E-state index in [0.29, 0.717) is 12.1 Å². The number of aliphatic hydroxyl groups is 1. The fourth-order valence-electron chi connectivity index (χ4n) is 3.23. The van der Waals surface area contributed by atoms with Gasteiger partial charge in [0, 0.05) is 6.54 Å². The lowest BCUT2D eigenvalue weighted by Gasteiger charge is -2.23. The van der Waals surface area contributed by atoms with Crippen molar-refractivity contribution in [2.45, 2.75) is 23.3 Å². The van der Waals surface area contributed by atoms with Crippen LogP contribution in [0.15, 0.2) is 41.3 Å². The average Bonchev–Trinajstić information content (AvgIpc) is 3.04. The van der Waals surface area contributed by atoms with Crippen LogP contribution in [0.3, 0.4) is 0 Å². The number of ether oxygens (including phenoxy) is 1. The van der Waals surface area contributed by atoms with Gasteiger partial charge in [-0.15, -0.1) is 0 Å². The van der Waals surface area contributed by atoms with Crippen molar-refractivity contribution < 1.29 is 45.7 Å². The summed E-state index contributed by atoms with van der Waals surface area (Å²) in [5.74, 6) is -1.67. The van der Waals surface area contributed by atoms with Crippen molar-refractivity contribution in [3.05, 3.63) is 47.5 Å². The van der Waals surface area contributed by atoms with E-state index in [1.807, 2.05) is 4.72 Å². The number of sulfonamides is 1. The topological polar surface area (TPSA) is 116 Å². The third-order valence-corrected chi connectivity index (χ3v) is 6.22. The first-order valence-corrected chi connectivity index (χ1v) is 10.5. The number of nitrogens with one attached hydrogen (secondary N) is 1. The number of carbonyl (C=O) groups is 1. The fourth-order valence-corrected chi connectivity index (χ4v) is 4.49. The third-order valence-electron chi connectivity index (χ3n) is 4.83. The van der Waals surface area contributed by atoms with Gasteiger partial charge in [-0.2, -0.15) is 13.2 Å². The minimum Gasteiger partial charge on any atom is -0.495 e. The highest BCUT2D eigenvalue weighted by Gasteiger charge is 2.36. The average molecular weight is 478 g/mol.